The maximum Gasteiger partial charge on any atom is 0.262 e. The molecular weight excluding hydrogens is 1030 g/mol. The van der Waals surface area contributed by atoms with Crippen LogP contribution >= 0.6 is 11.3 Å². The number of imide groups is 1. The van der Waals surface area contributed by atoms with Crippen LogP contribution in [0.1, 0.15) is 81.1 Å². The molecule has 9 nitrogen and oxygen atoms in total. The average Bonchev–Trinajstić information content (AvgIpc) is 3.03. The number of hydrogen-bond donors (Lipinski definition) is 0. The van der Waals surface area contributed by atoms with E-state index in [1.54, 1.807) is 4.57 Å². The molecule has 0 radical (unpaired) electrons. The number of benzene rings is 8. The Morgan fingerprint density at radius 2 is 1.01 bits per heavy atom. The smallest absolute Gasteiger partial charge is 0.262 e. The van der Waals surface area contributed by atoms with Crippen LogP contribution in [0.15, 0.2) is 170 Å². The summed E-state index contributed by atoms with van der Waals surface area (Å²) in [4.78, 5) is 31.8. The van der Waals surface area contributed by atoms with E-state index in [-0.39, 0.29) is 93.4 Å². The molecule has 8 aromatic carbocycles. The van der Waals surface area contributed by atoms with Gasteiger partial charge in [0.25, 0.3) is 11.8 Å². The van der Waals surface area contributed by atoms with Gasteiger partial charge in [0.05, 0.1) is 66.4 Å². The van der Waals surface area contributed by atoms with E-state index in [4.69, 9.17) is 23.7 Å². The van der Waals surface area contributed by atoms with E-state index in [1.807, 2.05) is 146 Å². The van der Waals surface area contributed by atoms with Gasteiger partial charge in [-0.3, -0.25) is 14.5 Å². The lowest BCUT2D eigenvalue weighted by Gasteiger charge is -2.47. The first-order valence-corrected chi connectivity index (χ1v) is 27.0. The van der Waals surface area contributed by atoms with E-state index in [0.717, 1.165) is 68.3 Å². The van der Waals surface area contributed by atoms with Gasteiger partial charge >= 0.3 is 0 Å². The maximum absolute atomic E-state index is 16.4. The second-order valence-electron chi connectivity index (χ2n) is 21.2. The van der Waals surface area contributed by atoms with Crippen molar-refractivity contribution in [2.45, 2.75) is 89.8 Å². The first kappa shape index (κ1) is 52.2. The van der Waals surface area contributed by atoms with E-state index < -0.39 is 65.7 Å². The maximum atomic E-state index is 16.4. The largest absolute Gasteiger partial charge is 0.374 e. The quantitative estimate of drug-likeness (QED) is 0.0703. The Balaban J connectivity index is 1.10. The number of carbonyl (C=O) groups excluding carboxylic acids is 2. The monoisotopic (exact) mass is 1080 g/mol. The zero-order valence-corrected chi connectivity index (χ0v) is 44.3. The lowest BCUT2D eigenvalue weighted by Crippen LogP contribution is -2.59. The van der Waals surface area contributed by atoms with Crippen molar-refractivity contribution in [2.24, 2.45) is 0 Å². The molecule has 14 heteroatoms. The summed E-state index contributed by atoms with van der Waals surface area (Å²) in [6.45, 7) is 6.53. The second-order valence-corrected chi connectivity index (χ2v) is 22.2. The molecule has 0 aliphatic carbocycles. The number of ether oxygens (including phenoxy) is 5. The van der Waals surface area contributed by atoms with Gasteiger partial charge in [-0.05, 0) is 57.0 Å². The van der Waals surface area contributed by atoms with Crippen molar-refractivity contribution in [1.82, 2.24) is 9.47 Å². The number of nitrogens with zero attached hydrogens (tertiary/aromatic N) is 2. The number of thiophene rings is 1. The molecule has 2 aliphatic rings. The molecule has 79 heavy (non-hydrogen) atoms. The summed E-state index contributed by atoms with van der Waals surface area (Å²) in [5.74, 6) is -6.08. The number of carbonyl (C=O) groups is 2. The van der Waals surface area contributed by atoms with Crippen LogP contribution in [0, 0.1) is 23.3 Å². The molecule has 2 aliphatic heterocycles. The van der Waals surface area contributed by atoms with Crippen LogP contribution in [-0.2, 0) is 62.1 Å². The molecule has 0 N–H and O–H groups in total. The van der Waals surface area contributed by atoms with E-state index in [1.165, 1.54) is 0 Å². The Morgan fingerprint density at radius 3 is 1.57 bits per heavy atom. The van der Waals surface area contributed by atoms with Crippen LogP contribution in [0.3, 0.4) is 0 Å². The number of fused-ring (bicyclic) bond motifs is 10. The fraction of sp³-hybridized carbons (Fsp3) is 0.231. The molecule has 10 aromatic rings. The summed E-state index contributed by atoms with van der Waals surface area (Å²) < 4.78 is 101. The minimum atomic E-state index is -1.32. The average molecular weight is 1080 g/mol. The fourth-order valence-electron chi connectivity index (χ4n) is 11.0. The van der Waals surface area contributed by atoms with Gasteiger partial charge in [0, 0.05) is 32.3 Å². The first-order chi connectivity index (χ1) is 38.3. The molecule has 2 amide bonds. The van der Waals surface area contributed by atoms with E-state index in [9.17, 15) is 0 Å². The lowest BCUT2D eigenvalue weighted by atomic mass is 9.87. The number of amides is 2. The number of rotatable bonds is 16. The molecule has 400 valence electrons. The predicted molar refractivity (Wildman–Crippen MR) is 297 cm³/mol. The van der Waals surface area contributed by atoms with Crippen molar-refractivity contribution in [3.05, 3.63) is 238 Å². The van der Waals surface area contributed by atoms with E-state index in [2.05, 4.69) is 20.8 Å². The summed E-state index contributed by atoms with van der Waals surface area (Å²) in [6.07, 6.45) is -5.30. The standard InChI is InChI=1S/C65H54F4N2O7S/c1-65(2,3)43-26-24-38(25-27-43)32-70-62(72)55-53-44-28-46(66)48(68)30-50(44)71(57(53)61-54(56(55)63(70)73)45-29-47(67)49(69)31-52(45)79-61)64-60(77-36-42-22-14-7-15-23-42)59(76-35-41-20-12-6-13-21-41)58(75-34-40-18-10-5-11-19-40)51(78-64)37-74-33-39-16-8-4-9-17-39/h4-31,51,58-60,64H,32-37H2,1-3H3/t51-,58-,59+,60-,64-/m1/s1. The minimum Gasteiger partial charge on any atom is -0.374 e. The normalized spacial score (nSPS) is 18.7. The topological polar surface area (TPSA) is 88.5 Å². The molecule has 5 atom stereocenters. The van der Waals surface area contributed by atoms with Gasteiger partial charge in [-0.1, -0.05) is 166 Å². The number of hydrogen-bond acceptors (Lipinski definition) is 8. The van der Waals surface area contributed by atoms with E-state index in [0.29, 0.717) is 10.3 Å². The molecule has 1 saturated heterocycles. The van der Waals surface area contributed by atoms with Gasteiger partial charge < -0.3 is 28.3 Å². The zero-order chi connectivity index (χ0) is 54.5. The van der Waals surface area contributed by atoms with Crippen LogP contribution in [0.2, 0.25) is 0 Å². The summed E-state index contributed by atoms with van der Waals surface area (Å²) in [6, 6.07) is 50.2. The molecule has 0 unspecified atom stereocenters. The van der Waals surface area contributed by atoms with Gasteiger partial charge in [0.15, 0.2) is 29.5 Å². The fourth-order valence-corrected chi connectivity index (χ4v) is 12.3. The van der Waals surface area contributed by atoms with Gasteiger partial charge in [-0.2, -0.15) is 0 Å². The minimum absolute atomic E-state index is 0.0300. The molecule has 0 spiro atoms. The summed E-state index contributed by atoms with van der Waals surface area (Å²) >= 11 is 1.06. The summed E-state index contributed by atoms with van der Waals surface area (Å²) in [7, 11) is 0. The van der Waals surface area contributed by atoms with Gasteiger partial charge in [0.1, 0.15) is 24.4 Å². The molecule has 4 heterocycles. The van der Waals surface area contributed by atoms with Crippen LogP contribution < -0.4 is 0 Å². The predicted octanol–water partition coefficient (Wildman–Crippen LogP) is 14.7. The molecular formula is C65H54F4N2O7S. The third-order valence-corrected chi connectivity index (χ3v) is 16.1. The van der Waals surface area contributed by atoms with Gasteiger partial charge in [0.2, 0.25) is 0 Å². The van der Waals surface area contributed by atoms with Crippen LogP contribution in [-0.4, -0.2) is 52.3 Å². The van der Waals surface area contributed by atoms with Gasteiger partial charge in [-0.25, -0.2) is 17.6 Å². The highest BCUT2D eigenvalue weighted by molar-refractivity contribution is 7.26. The van der Waals surface area contributed by atoms with Crippen molar-refractivity contribution in [1.29, 1.82) is 0 Å². The Bertz CT molecular complexity index is 3890. The van der Waals surface area contributed by atoms with Crippen LogP contribution in [0.5, 0.6) is 0 Å². The van der Waals surface area contributed by atoms with Crippen molar-refractivity contribution in [3.63, 3.8) is 0 Å². The Hall–Kier alpha value is -7.56. The number of aromatic nitrogens is 1. The lowest BCUT2D eigenvalue weighted by molar-refractivity contribution is -0.288. The van der Waals surface area contributed by atoms with Crippen molar-refractivity contribution >= 4 is 65.1 Å². The highest BCUT2D eigenvalue weighted by Gasteiger charge is 2.51. The summed E-state index contributed by atoms with van der Waals surface area (Å²) in [5.41, 5.74) is 5.12. The van der Waals surface area contributed by atoms with E-state index >= 15 is 27.2 Å². The van der Waals surface area contributed by atoms with Crippen LogP contribution in [0.25, 0.3) is 42.0 Å². The molecule has 2 aromatic heterocycles. The Kier molecular flexibility index (Phi) is 14.3. The number of halogens is 4. The summed E-state index contributed by atoms with van der Waals surface area (Å²) in [5, 5.41) is 0.567. The first-order valence-electron chi connectivity index (χ1n) is 26.2. The van der Waals surface area contributed by atoms with Crippen molar-refractivity contribution in [2.75, 3.05) is 6.61 Å². The Labute approximate surface area is 457 Å². The SMILES string of the molecule is CC(C)(C)c1ccc(CN2C(=O)c3c(c4c5cc(F)c(F)cc5n([C@@H]5O[C@H](COCc6ccccc6)[C@@H](OCc6ccccc6)[C@H](OCc6ccccc6)[C@H]5OCc5ccccc5)c4c4sc5cc(F)c(F)cc5c34)C2=O)cc1. The third-order valence-electron chi connectivity index (χ3n) is 14.9. The Morgan fingerprint density at radius 1 is 0.532 bits per heavy atom. The molecule has 12 rings (SSSR count). The van der Waals surface area contributed by atoms with Gasteiger partial charge in [-0.15, -0.1) is 11.3 Å². The van der Waals surface area contributed by atoms with Crippen molar-refractivity contribution < 1.29 is 50.8 Å². The van der Waals surface area contributed by atoms with Crippen molar-refractivity contribution in [3.8, 4) is 0 Å². The zero-order valence-electron chi connectivity index (χ0n) is 43.5. The molecule has 1 fully saturated rings. The van der Waals surface area contributed by atoms with Crippen LogP contribution in [0.4, 0.5) is 17.6 Å². The third kappa shape index (κ3) is 10.0. The molecule has 0 saturated carbocycles. The highest BCUT2D eigenvalue weighted by Crippen LogP contribution is 2.51. The highest BCUT2D eigenvalue weighted by atomic mass is 32.1. The second kappa shape index (κ2) is 21.6. The molecule has 0 bridgehead atoms.